The summed E-state index contributed by atoms with van der Waals surface area (Å²) in [5, 5.41) is 2.76. The molecule has 0 saturated carbocycles. The van der Waals surface area contributed by atoms with Crippen LogP contribution in [0.2, 0.25) is 0 Å². The Kier molecular flexibility index (Phi) is 6.30. The summed E-state index contributed by atoms with van der Waals surface area (Å²) in [5.41, 5.74) is 2.01. The number of amides is 1. The number of ether oxygens (including phenoxy) is 1. The Bertz CT molecular complexity index is 664. The Morgan fingerprint density at radius 2 is 2.15 bits per heavy atom. The van der Waals surface area contributed by atoms with Crippen LogP contribution in [0.25, 0.3) is 0 Å². The zero-order valence-electron chi connectivity index (χ0n) is 15.8. The summed E-state index contributed by atoms with van der Waals surface area (Å²) < 4.78 is 19.1. The fraction of sp³-hybridized carbons (Fsp3) is 0.571. The fourth-order valence-electron chi connectivity index (χ4n) is 3.73. The smallest absolute Gasteiger partial charge is 0.265 e. The van der Waals surface area contributed by atoms with Gasteiger partial charge in [-0.3, -0.25) is 4.79 Å². The van der Waals surface area contributed by atoms with Gasteiger partial charge in [-0.15, -0.1) is 0 Å². The molecule has 0 aliphatic carbocycles. The fourth-order valence-corrected chi connectivity index (χ4v) is 3.73. The maximum absolute atomic E-state index is 13.3. The van der Waals surface area contributed by atoms with E-state index >= 15 is 0 Å². The van der Waals surface area contributed by atoms with Gasteiger partial charge in [-0.05, 0) is 43.7 Å². The summed E-state index contributed by atoms with van der Waals surface area (Å²) in [6.07, 6.45) is 7.28. The first-order valence-electron chi connectivity index (χ1n) is 9.72. The summed E-state index contributed by atoms with van der Waals surface area (Å²) in [5.74, 6) is 0.344. The van der Waals surface area contributed by atoms with Crippen LogP contribution in [0.3, 0.4) is 0 Å². The molecule has 142 valence electrons. The summed E-state index contributed by atoms with van der Waals surface area (Å²) in [4.78, 5) is 14.7. The Morgan fingerprint density at radius 1 is 1.38 bits per heavy atom. The van der Waals surface area contributed by atoms with E-state index in [9.17, 15) is 9.18 Å². The molecule has 2 aliphatic heterocycles. The molecule has 4 nitrogen and oxygen atoms in total. The van der Waals surface area contributed by atoms with Gasteiger partial charge in [0.2, 0.25) is 0 Å². The number of piperidine rings is 1. The van der Waals surface area contributed by atoms with Crippen LogP contribution in [0, 0.1) is 11.7 Å². The molecule has 2 unspecified atom stereocenters. The van der Waals surface area contributed by atoms with Crippen molar-refractivity contribution >= 4 is 11.6 Å². The highest BCUT2D eigenvalue weighted by atomic mass is 19.1. The third-order valence-electron chi connectivity index (χ3n) is 5.17. The zero-order valence-corrected chi connectivity index (χ0v) is 15.8. The predicted molar refractivity (Wildman–Crippen MR) is 102 cm³/mol. The molecule has 1 aromatic carbocycles. The highest BCUT2D eigenvalue weighted by molar-refractivity contribution is 5.97. The lowest BCUT2D eigenvalue weighted by Gasteiger charge is -2.32. The van der Waals surface area contributed by atoms with Crippen LogP contribution in [0.1, 0.15) is 46.0 Å². The average molecular weight is 360 g/mol. The Balaban J connectivity index is 1.49. The minimum atomic E-state index is -0.507. The van der Waals surface area contributed by atoms with Crippen LogP contribution in [0.15, 0.2) is 29.8 Å². The number of halogens is 1. The van der Waals surface area contributed by atoms with Crippen LogP contribution in [0.4, 0.5) is 10.1 Å². The quantitative estimate of drug-likeness (QED) is 0.766. The first-order chi connectivity index (χ1) is 12.5. The van der Waals surface area contributed by atoms with E-state index in [1.165, 1.54) is 25.0 Å². The Labute approximate surface area is 155 Å². The van der Waals surface area contributed by atoms with E-state index in [4.69, 9.17) is 4.74 Å². The topological polar surface area (TPSA) is 41.6 Å². The lowest BCUT2D eigenvalue weighted by molar-refractivity contribution is -0.124. The molecule has 5 heteroatoms. The van der Waals surface area contributed by atoms with Gasteiger partial charge in [0.1, 0.15) is 11.6 Å². The highest BCUT2D eigenvalue weighted by Crippen LogP contribution is 2.32. The standard InChI is InChI=1S/C21H29FN2O2/c1-3-4-5-16-8-10-24(11-9-16)14-15(2)12-20-21(25)23-18-13-17(22)6-7-19(18)26-20/h5-7,13,15,20H,3-4,8-12,14H2,1-2H3,(H,23,25). The molecule has 0 radical (unpaired) electrons. The van der Waals surface area contributed by atoms with Gasteiger partial charge in [0.25, 0.3) is 5.91 Å². The van der Waals surface area contributed by atoms with E-state index in [1.54, 1.807) is 11.6 Å². The van der Waals surface area contributed by atoms with Gasteiger partial charge in [0.15, 0.2) is 6.10 Å². The minimum absolute atomic E-state index is 0.182. The van der Waals surface area contributed by atoms with E-state index in [-0.39, 0.29) is 11.7 Å². The van der Waals surface area contributed by atoms with E-state index < -0.39 is 6.10 Å². The van der Waals surface area contributed by atoms with E-state index in [0.717, 1.165) is 32.5 Å². The number of hydrogen-bond acceptors (Lipinski definition) is 3. The molecule has 1 fully saturated rings. The van der Waals surface area contributed by atoms with Crippen LogP contribution in [0.5, 0.6) is 5.75 Å². The lowest BCUT2D eigenvalue weighted by Crippen LogP contribution is -2.41. The lowest BCUT2D eigenvalue weighted by atomic mass is 9.98. The van der Waals surface area contributed by atoms with Crippen molar-refractivity contribution < 1.29 is 13.9 Å². The number of nitrogens with zero attached hydrogens (tertiary/aromatic N) is 1. The number of unbranched alkanes of at least 4 members (excludes halogenated alkanes) is 1. The summed E-state index contributed by atoms with van der Waals surface area (Å²) in [6, 6.07) is 4.23. The molecule has 1 saturated heterocycles. The third kappa shape index (κ3) is 4.85. The van der Waals surface area contributed by atoms with E-state index in [2.05, 4.69) is 30.1 Å². The van der Waals surface area contributed by atoms with Crippen molar-refractivity contribution in [3.63, 3.8) is 0 Å². The monoisotopic (exact) mass is 360 g/mol. The molecule has 3 rings (SSSR count). The SMILES string of the molecule is CCCC=C1CCN(CC(C)CC2Oc3ccc(F)cc3NC2=O)CC1. The predicted octanol–water partition coefficient (Wildman–Crippen LogP) is 4.37. The number of allylic oxidation sites excluding steroid dienone is 1. The highest BCUT2D eigenvalue weighted by Gasteiger charge is 2.30. The Morgan fingerprint density at radius 3 is 2.88 bits per heavy atom. The molecule has 0 spiro atoms. The van der Waals surface area contributed by atoms with Gasteiger partial charge in [0, 0.05) is 25.7 Å². The summed E-state index contributed by atoms with van der Waals surface area (Å²) in [6.45, 7) is 7.55. The molecule has 26 heavy (non-hydrogen) atoms. The van der Waals surface area contributed by atoms with Gasteiger partial charge in [-0.2, -0.15) is 0 Å². The van der Waals surface area contributed by atoms with Gasteiger partial charge in [-0.1, -0.05) is 31.9 Å². The molecule has 1 aromatic rings. The molecule has 0 aromatic heterocycles. The van der Waals surface area contributed by atoms with Crippen LogP contribution in [-0.2, 0) is 4.79 Å². The molecular weight excluding hydrogens is 331 g/mol. The normalized spacial score (nSPS) is 21.6. The number of carbonyl (C=O) groups is 1. The van der Waals surface area contributed by atoms with Crippen molar-refractivity contribution in [1.29, 1.82) is 0 Å². The van der Waals surface area contributed by atoms with Crippen LogP contribution >= 0.6 is 0 Å². The third-order valence-corrected chi connectivity index (χ3v) is 5.17. The molecule has 2 atom stereocenters. The molecular formula is C21H29FN2O2. The second-order valence-corrected chi connectivity index (χ2v) is 7.53. The van der Waals surface area contributed by atoms with Crippen LogP contribution in [-0.4, -0.2) is 36.5 Å². The number of anilines is 1. The van der Waals surface area contributed by atoms with Crippen molar-refractivity contribution in [2.45, 2.75) is 52.1 Å². The van der Waals surface area contributed by atoms with Crippen molar-refractivity contribution in [2.75, 3.05) is 25.0 Å². The number of hydrogen-bond donors (Lipinski definition) is 1. The van der Waals surface area contributed by atoms with Gasteiger partial charge in [-0.25, -0.2) is 4.39 Å². The van der Waals surface area contributed by atoms with Crippen molar-refractivity contribution in [3.05, 3.63) is 35.7 Å². The molecule has 1 amide bonds. The summed E-state index contributed by atoms with van der Waals surface area (Å²) in [7, 11) is 0. The number of benzene rings is 1. The number of likely N-dealkylation sites (tertiary alicyclic amines) is 1. The van der Waals surface area contributed by atoms with E-state index in [1.807, 2.05) is 0 Å². The van der Waals surface area contributed by atoms with Crippen molar-refractivity contribution in [1.82, 2.24) is 4.90 Å². The average Bonchev–Trinajstić information content (AvgIpc) is 2.62. The first kappa shape index (κ1) is 18.9. The number of carbonyl (C=O) groups excluding carboxylic acids is 1. The molecule has 0 bridgehead atoms. The van der Waals surface area contributed by atoms with Gasteiger partial charge < -0.3 is 15.0 Å². The molecule has 1 N–H and O–H groups in total. The molecule has 2 heterocycles. The first-order valence-corrected chi connectivity index (χ1v) is 9.72. The second kappa shape index (κ2) is 8.67. The maximum atomic E-state index is 13.3. The minimum Gasteiger partial charge on any atom is -0.478 e. The number of fused-ring (bicyclic) bond motifs is 1. The Hall–Kier alpha value is -1.88. The van der Waals surface area contributed by atoms with Gasteiger partial charge >= 0.3 is 0 Å². The zero-order chi connectivity index (χ0) is 18.5. The van der Waals surface area contributed by atoms with Crippen LogP contribution < -0.4 is 10.1 Å². The summed E-state index contributed by atoms with van der Waals surface area (Å²) >= 11 is 0. The number of rotatable bonds is 6. The maximum Gasteiger partial charge on any atom is 0.265 e. The largest absolute Gasteiger partial charge is 0.478 e. The van der Waals surface area contributed by atoms with E-state index in [0.29, 0.717) is 23.8 Å². The van der Waals surface area contributed by atoms with Gasteiger partial charge in [0.05, 0.1) is 5.69 Å². The molecule has 2 aliphatic rings. The van der Waals surface area contributed by atoms with Crippen molar-refractivity contribution in [3.8, 4) is 5.75 Å². The van der Waals surface area contributed by atoms with Crippen molar-refractivity contribution in [2.24, 2.45) is 5.92 Å². The number of nitrogens with one attached hydrogen (secondary N) is 1. The second-order valence-electron chi connectivity index (χ2n) is 7.53.